The summed E-state index contributed by atoms with van der Waals surface area (Å²) in [5.41, 5.74) is 8.38. The third-order valence-electron chi connectivity index (χ3n) is 8.49. The molecule has 5 aromatic carbocycles. The summed E-state index contributed by atoms with van der Waals surface area (Å²) in [6.45, 7) is 7.10. The second-order valence-electron chi connectivity index (χ2n) is 11.0. The van der Waals surface area contributed by atoms with E-state index >= 15 is 0 Å². The molecule has 208 valence electrons. The highest BCUT2D eigenvalue weighted by molar-refractivity contribution is 5.97. The fourth-order valence-electron chi connectivity index (χ4n) is 6.36. The van der Waals surface area contributed by atoms with Crippen molar-refractivity contribution < 1.29 is 14.3 Å². The highest BCUT2D eigenvalue weighted by Gasteiger charge is 2.53. The van der Waals surface area contributed by atoms with Crippen LogP contribution in [0.1, 0.15) is 45.1 Å². The summed E-state index contributed by atoms with van der Waals surface area (Å²) in [4.78, 5) is 17.8. The van der Waals surface area contributed by atoms with Gasteiger partial charge < -0.3 is 19.3 Å². The van der Waals surface area contributed by atoms with Crippen LogP contribution in [-0.4, -0.2) is 19.6 Å². The molecule has 0 saturated carbocycles. The Morgan fingerprint density at radius 3 is 2.14 bits per heavy atom. The van der Waals surface area contributed by atoms with Gasteiger partial charge in [-0.3, -0.25) is 0 Å². The number of esters is 1. The number of fused-ring (bicyclic) bond motifs is 6. The fraction of sp³-hybridized carbons (Fsp3) is 0.162. The Morgan fingerprint density at radius 2 is 1.38 bits per heavy atom. The number of aryl methyl sites for hydroxylation is 2. The zero-order valence-corrected chi connectivity index (χ0v) is 24.2. The van der Waals surface area contributed by atoms with Gasteiger partial charge in [0.2, 0.25) is 0 Å². The molecule has 0 amide bonds. The van der Waals surface area contributed by atoms with Crippen molar-refractivity contribution >= 4 is 28.7 Å². The molecule has 1 atom stereocenters. The van der Waals surface area contributed by atoms with E-state index in [4.69, 9.17) is 9.47 Å². The Labute approximate surface area is 246 Å². The van der Waals surface area contributed by atoms with Crippen LogP contribution < -0.4 is 14.5 Å². The molecule has 0 aliphatic carbocycles. The average molecular weight is 553 g/mol. The van der Waals surface area contributed by atoms with Gasteiger partial charge in [0.25, 0.3) is 0 Å². The van der Waals surface area contributed by atoms with Crippen LogP contribution in [0.3, 0.4) is 0 Å². The van der Waals surface area contributed by atoms with Gasteiger partial charge in [-0.15, -0.1) is 0 Å². The number of hydrogen-bond acceptors (Lipinski definition) is 5. The van der Waals surface area contributed by atoms with Gasteiger partial charge in [0.05, 0.1) is 5.56 Å². The Morgan fingerprint density at radius 1 is 0.690 bits per heavy atom. The molecular formula is C37H32N2O3. The van der Waals surface area contributed by atoms with Gasteiger partial charge in [0, 0.05) is 59.1 Å². The number of rotatable bonds is 5. The van der Waals surface area contributed by atoms with Gasteiger partial charge >= 0.3 is 5.97 Å². The molecule has 2 heterocycles. The van der Waals surface area contributed by atoms with Gasteiger partial charge in [-0.1, -0.05) is 54.1 Å². The van der Waals surface area contributed by atoms with Crippen molar-refractivity contribution in [1.29, 1.82) is 0 Å². The summed E-state index contributed by atoms with van der Waals surface area (Å²) < 4.78 is 13.2. The number of para-hydroxylation sites is 1. The van der Waals surface area contributed by atoms with E-state index in [-0.39, 0.29) is 5.97 Å². The normalized spacial score (nSPS) is 16.2. The Balaban J connectivity index is 1.43. The first-order valence-corrected chi connectivity index (χ1v) is 14.3. The molecule has 5 heteroatoms. The number of ether oxygens (including phenoxy) is 2. The lowest BCUT2D eigenvalue weighted by Crippen LogP contribution is -2.33. The van der Waals surface area contributed by atoms with E-state index in [0.717, 1.165) is 51.5 Å². The van der Waals surface area contributed by atoms with E-state index in [1.165, 1.54) is 5.56 Å². The molecule has 1 unspecified atom stereocenters. The molecule has 5 nitrogen and oxygen atoms in total. The molecule has 0 bridgehead atoms. The van der Waals surface area contributed by atoms with Crippen molar-refractivity contribution in [3.8, 4) is 11.5 Å². The van der Waals surface area contributed by atoms with Crippen LogP contribution in [0.4, 0.5) is 22.7 Å². The summed E-state index contributed by atoms with van der Waals surface area (Å²) in [5, 5.41) is 0. The van der Waals surface area contributed by atoms with Crippen molar-refractivity contribution in [2.45, 2.75) is 26.4 Å². The van der Waals surface area contributed by atoms with E-state index in [9.17, 15) is 4.79 Å². The molecule has 0 N–H and O–H groups in total. The predicted molar refractivity (Wildman–Crippen MR) is 168 cm³/mol. The lowest BCUT2D eigenvalue weighted by molar-refractivity contribution is 0.0224. The van der Waals surface area contributed by atoms with Gasteiger partial charge in [-0.05, 0) is 80.9 Å². The van der Waals surface area contributed by atoms with Crippen LogP contribution in [0.2, 0.25) is 0 Å². The maximum absolute atomic E-state index is 13.4. The number of anilines is 4. The lowest BCUT2D eigenvalue weighted by atomic mass is 9.77. The largest absolute Gasteiger partial charge is 0.456 e. The Kier molecular flexibility index (Phi) is 6.05. The lowest BCUT2D eigenvalue weighted by Gasteiger charge is -2.38. The number of benzene rings is 5. The summed E-state index contributed by atoms with van der Waals surface area (Å²) in [6.07, 6.45) is 0. The highest BCUT2D eigenvalue weighted by Crippen LogP contribution is 2.57. The maximum Gasteiger partial charge on any atom is 0.340 e. The number of carbonyl (C=O) groups is 1. The second-order valence-corrected chi connectivity index (χ2v) is 11.0. The molecule has 7 rings (SSSR count). The third-order valence-corrected chi connectivity index (χ3v) is 8.49. The van der Waals surface area contributed by atoms with Crippen LogP contribution >= 0.6 is 0 Å². The van der Waals surface area contributed by atoms with Crippen LogP contribution in [0.5, 0.6) is 11.5 Å². The monoisotopic (exact) mass is 552 g/mol. The Bertz CT molecular complexity index is 1830. The number of hydrogen-bond donors (Lipinski definition) is 0. The average Bonchev–Trinajstić information content (AvgIpc) is 3.31. The molecule has 2 aliphatic rings. The minimum absolute atomic E-state index is 0.332. The van der Waals surface area contributed by atoms with E-state index in [0.29, 0.717) is 17.1 Å². The van der Waals surface area contributed by atoms with E-state index in [1.54, 1.807) is 0 Å². The minimum Gasteiger partial charge on any atom is -0.456 e. The van der Waals surface area contributed by atoms with Crippen molar-refractivity contribution in [3.63, 3.8) is 0 Å². The van der Waals surface area contributed by atoms with Gasteiger partial charge in [0.1, 0.15) is 11.5 Å². The highest BCUT2D eigenvalue weighted by atomic mass is 16.6. The van der Waals surface area contributed by atoms with Crippen LogP contribution in [0.25, 0.3) is 0 Å². The third kappa shape index (κ3) is 3.88. The predicted octanol–water partition coefficient (Wildman–Crippen LogP) is 8.80. The standard InChI is InChI=1S/C37H32N2O3/c1-5-39(27-17-15-24(2)16-18-27)28-19-20-31-35(22-28)41-34-21-25(3)33(38(4)26-11-7-6-8-12-26)23-32(34)37(31)30-14-10-9-13-29(30)36(40)42-37/h6-23H,5H2,1-4H3. The summed E-state index contributed by atoms with van der Waals surface area (Å²) >= 11 is 0. The smallest absolute Gasteiger partial charge is 0.340 e. The number of nitrogens with zero attached hydrogens (tertiary/aromatic N) is 2. The Hall–Kier alpha value is -5.03. The van der Waals surface area contributed by atoms with E-state index in [1.807, 2.05) is 42.5 Å². The minimum atomic E-state index is -1.13. The topological polar surface area (TPSA) is 42.0 Å². The first-order valence-electron chi connectivity index (χ1n) is 14.3. The molecule has 1 spiro atoms. The molecule has 2 aliphatic heterocycles. The molecule has 0 aromatic heterocycles. The molecular weight excluding hydrogens is 520 g/mol. The quantitative estimate of drug-likeness (QED) is 0.204. The molecule has 5 aromatic rings. The fourth-order valence-corrected chi connectivity index (χ4v) is 6.36. The molecule has 0 saturated heterocycles. The first-order chi connectivity index (χ1) is 20.4. The van der Waals surface area contributed by atoms with E-state index < -0.39 is 5.60 Å². The maximum atomic E-state index is 13.4. The summed E-state index contributed by atoms with van der Waals surface area (Å²) in [5.74, 6) is 1.03. The first kappa shape index (κ1) is 25.9. The van der Waals surface area contributed by atoms with Crippen LogP contribution in [0.15, 0.2) is 109 Å². The van der Waals surface area contributed by atoms with Crippen molar-refractivity contribution in [2.24, 2.45) is 0 Å². The number of carbonyl (C=O) groups excluding carboxylic acids is 1. The van der Waals surface area contributed by atoms with Gasteiger partial charge in [-0.25, -0.2) is 4.79 Å². The van der Waals surface area contributed by atoms with Crippen molar-refractivity contribution in [2.75, 3.05) is 23.4 Å². The van der Waals surface area contributed by atoms with Gasteiger partial charge in [-0.2, -0.15) is 0 Å². The second kappa shape index (κ2) is 9.81. The van der Waals surface area contributed by atoms with Crippen molar-refractivity contribution in [1.82, 2.24) is 0 Å². The zero-order valence-electron chi connectivity index (χ0n) is 24.2. The zero-order chi connectivity index (χ0) is 29.0. The molecule has 42 heavy (non-hydrogen) atoms. The van der Waals surface area contributed by atoms with E-state index in [2.05, 4.69) is 104 Å². The molecule has 0 fully saturated rings. The molecule has 0 radical (unpaired) electrons. The SMILES string of the molecule is CCN(c1ccc(C)cc1)c1ccc2c(c1)Oc1cc(C)c(N(C)c3ccccc3)cc1C21OC(=O)c2ccccc21. The van der Waals surface area contributed by atoms with Crippen molar-refractivity contribution in [3.05, 3.63) is 143 Å². The van der Waals surface area contributed by atoms with Gasteiger partial charge in [0.15, 0.2) is 5.60 Å². The van der Waals surface area contributed by atoms with Crippen LogP contribution in [-0.2, 0) is 10.3 Å². The van der Waals surface area contributed by atoms with Crippen LogP contribution in [0, 0.1) is 13.8 Å². The summed E-state index contributed by atoms with van der Waals surface area (Å²) in [6, 6.07) is 36.9. The summed E-state index contributed by atoms with van der Waals surface area (Å²) in [7, 11) is 2.06.